The van der Waals surface area contributed by atoms with Crippen molar-refractivity contribution in [2.45, 2.75) is 25.2 Å². The first-order valence-electron chi connectivity index (χ1n) is 5.49. The molecule has 0 saturated heterocycles. The molecule has 0 aliphatic heterocycles. The molecule has 2 aromatic rings. The summed E-state index contributed by atoms with van der Waals surface area (Å²) in [6.45, 7) is 4.05. The predicted octanol–water partition coefficient (Wildman–Crippen LogP) is 4.32. The van der Waals surface area contributed by atoms with Crippen LogP contribution in [0.5, 0.6) is 0 Å². The highest BCUT2D eigenvalue weighted by atomic mass is 79.9. The Morgan fingerprint density at radius 3 is 2.67 bits per heavy atom. The van der Waals surface area contributed by atoms with Gasteiger partial charge in [0.1, 0.15) is 11.6 Å². The lowest BCUT2D eigenvalue weighted by Gasteiger charge is -2.13. The van der Waals surface area contributed by atoms with Crippen LogP contribution < -0.4 is 0 Å². The van der Waals surface area contributed by atoms with E-state index in [-0.39, 0.29) is 11.9 Å². The van der Waals surface area contributed by atoms with Crippen LogP contribution in [0, 0.1) is 5.82 Å². The third kappa shape index (κ3) is 2.49. The van der Waals surface area contributed by atoms with Crippen LogP contribution >= 0.6 is 31.9 Å². The maximum atomic E-state index is 13.9. The Morgan fingerprint density at radius 1 is 1.33 bits per heavy atom. The van der Waals surface area contributed by atoms with Crippen molar-refractivity contribution in [1.82, 2.24) is 14.8 Å². The molecule has 6 heteroatoms. The molecule has 0 saturated carbocycles. The van der Waals surface area contributed by atoms with E-state index in [0.717, 1.165) is 10.3 Å². The molecule has 0 spiro atoms. The first-order valence-corrected chi connectivity index (χ1v) is 7.41. The number of benzene rings is 1. The summed E-state index contributed by atoms with van der Waals surface area (Å²) in [7, 11) is 0. The standard InChI is InChI=1S/C12H12Br2FN3/c1-7(2)18-11(6-13)16-17-12(18)9-5-8(14)3-4-10(9)15/h3-5,7H,6H2,1-2H3. The maximum Gasteiger partial charge on any atom is 0.167 e. The minimum absolute atomic E-state index is 0.168. The van der Waals surface area contributed by atoms with Crippen LogP contribution in [0.1, 0.15) is 25.7 Å². The van der Waals surface area contributed by atoms with Crippen molar-refractivity contribution in [2.75, 3.05) is 0 Å². The van der Waals surface area contributed by atoms with E-state index in [0.29, 0.717) is 16.7 Å². The Balaban J connectivity index is 2.63. The molecule has 0 amide bonds. The van der Waals surface area contributed by atoms with Gasteiger partial charge in [0, 0.05) is 10.5 Å². The molecule has 1 aromatic heterocycles. The molecule has 0 unspecified atom stereocenters. The van der Waals surface area contributed by atoms with Crippen LogP contribution in [0.25, 0.3) is 11.4 Å². The first-order chi connectivity index (χ1) is 8.54. The molecule has 0 radical (unpaired) electrons. The van der Waals surface area contributed by atoms with E-state index in [1.807, 2.05) is 18.4 Å². The number of nitrogens with zero attached hydrogens (tertiary/aromatic N) is 3. The zero-order valence-corrected chi connectivity index (χ0v) is 13.2. The van der Waals surface area contributed by atoms with Gasteiger partial charge >= 0.3 is 0 Å². The molecule has 0 atom stereocenters. The highest BCUT2D eigenvalue weighted by molar-refractivity contribution is 9.10. The first kappa shape index (κ1) is 13.7. The van der Waals surface area contributed by atoms with Crippen LogP contribution in [0.15, 0.2) is 22.7 Å². The van der Waals surface area contributed by atoms with Crippen LogP contribution in [0.2, 0.25) is 0 Å². The number of hydrogen-bond acceptors (Lipinski definition) is 2. The van der Waals surface area contributed by atoms with Crippen molar-refractivity contribution < 1.29 is 4.39 Å². The summed E-state index contributed by atoms with van der Waals surface area (Å²) in [4.78, 5) is 0. The highest BCUT2D eigenvalue weighted by Crippen LogP contribution is 2.28. The lowest BCUT2D eigenvalue weighted by molar-refractivity contribution is 0.580. The molecule has 0 aliphatic carbocycles. The van der Waals surface area contributed by atoms with Gasteiger partial charge in [-0.1, -0.05) is 31.9 Å². The second-order valence-electron chi connectivity index (χ2n) is 4.16. The van der Waals surface area contributed by atoms with E-state index in [1.165, 1.54) is 6.07 Å². The summed E-state index contributed by atoms with van der Waals surface area (Å²) in [5.41, 5.74) is 0.456. The summed E-state index contributed by atoms with van der Waals surface area (Å²) in [5, 5.41) is 8.78. The van der Waals surface area contributed by atoms with Gasteiger partial charge in [-0.05, 0) is 32.0 Å². The summed E-state index contributed by atoms with van der Waals surface area (Å²) < 4.78 is 16.6. The average Bonchev–Trinajstić information content (AvgIpc) is 2.75. The van der Waals surface area contributed by atoms with Gasteiger partial charge in [0.05, 0.1) is 10.9 Å². The summed E-state index contributed by atoms with van der Waals surface area (Å²) in [6, 6.07) is 4.98. The van der Waals surface area contributed by atoms with E-state index in [4.69, 9.17) is 0 Å². The zero-order valence-electron chi connectivity index (χ0n) is 9.99. The van der Waals surface area contributed by atoms with E-state index in [1.54, 1.807) is 12.1 Å². The molecular weight excluding hydrogens is 365 g/mol. The fraction of sp³-hybridized carbons (Fsp3) is 0.333. The predicted molar refractivity (Wildman–Crippen MR) is 76.1 cm³/mol. The van der Waals surface area contributed by atoms with Gasteiger partial charge in [0.25, 0.3) is 0 Å². The van der Waals surface area contributed by atoms with Gasteiger partial charge in [0.15, 0.2) is 5.82 Å². The molecule has 1 heterocycles. The number of alkyl halides is 1. The van der Waals surface area contributed by atoms with Crippen LogP contribution in [-0.2, 0) is 5.33 Å². The van der Waals surface area contributed by atoms with Crippen molar-refractivity contribution in [1.29, 1.82) is 0 Å². The average molecular weight is 377 g/mol. The molecule has 18 heavy (non-hydrogen) atoms. The van der Waals surface area contributed by atoms with Crippen LogP contribution in [0.4, 0.5) is 4.39 Å². The van der Waals surface area contributed by atoms with Gasteiger partial charge in [-0.3, -0.25) is 0 Å². The van der Waals surface area contributed by atoms with E-state index in [2.05, 4.69) is 42.1 Å². The lowest BCUT2D eigenvalue weighted by atomic mass is 10.2. The molecular formula is C12H12Br2FN3. The minimum atomic E-state index is -0.298. The highest BCUT2D eigenvalue weighted by Gasteiger charge is 2.18. The quantitative estimate of drug-likeness (QED) is 0.746. The SMILES string of the molecule is CC(C)n1c(CBr)nnc1-c1cc(Br)ccc1F. The normalized spacial score (nSPS) is 11.2. The Morgan fingerprint density at radius 2 is 2.06 bits per heavy atom. The van der Waals surface area contributed by atoms with Crippen molar-refractivity contribution in [2.24, 2.45) is 0 Å². The van der Waals surface area contributed by atoms with E-state index < -0.39 is 0 Å². The van der Waals surface area contributed by atoms with E-state index >= 15 is 0 Å². The summed E-state index contributed by atoms with van der Waals surface area (Å²) in [5.74, 6) is 1.05. The van der Waals surface area contributed by atoms with Crippen molar-refractivity contribution in [3.05, 3.63) is 34.3 Å². The molecule has 3 nitrogen and oxygen atoms in total. The topological polar surface area (TPSA) is 30.7 Å². The molecule has 1 aromatic carbocycles. The molecule has 0 fully saturated rings. The number of aromatic nitrogens is 3. The lowest BCUT2D eigenvalue weighted by Crippen LogP contribution is -2.07. The van der Waals surface area contributed by atoms with Crippen molar-refractivity contribution in [3.63, 3.8) is 0 Å². The summed E-state index contributed by atoms with van der Waals surface area (Å²) in [6.07, 6.45) is 0. The number of hydrogen-bond donors (Lipinski definition) is 0. The maximum absolute atomic E-state index is 13.9. The molecule has 96 valence electrons. The smallest absolute Gasteiger partial charge is 0.167 e. The number of rotatable bonds is 3. The van der Waals surface area contributed by atoms with Gasteiger partial charge < -0.3 is 4.57 Å². The molecule has 0 aliphatic rings. The second-order valence-corrected chi connectivity index (χ2v) is 5.64. The van der Waals surface area contributed by atoms with Gasteiger partial charge in [0.2, 0.25) is 0 Å². The van der Waals surface area contributed by atoms with E-state index in [9.17, 15) is 4.39 Å². The fourth-order valence-electron chi connectivity index (χ4n) is 1.81. The van der Waals surface area contributed by atoms with Crippen molar-refractivity contribution >= 4 is 31.9 Å². The summed E-state index contributed by atoms with van der Waals surface area (Å²) >= 11 is 6.71. The Kier molecular flexibility index (Phi) is 4.17. The Labute approximate surface area is 122 Å². The Hall–Kier alpha value is -0.750. The van der Waals surface area contributed by atoms with Gasteiger partial charge in [-0.2, -0.15) is 0 Å². The second kappa shape index (κ2) is 5.48. The fourth-order valence-corrected chi connectivity index (χ4v) is 2.55. The third-order valence-electron chi connectivity index (χ3n) is 2.57. The van der Waals surface area contributed by atoms with Crippen molar-refractivity contribution in [3.8, 4) is 11.4 Å². The van der Waals surface area contributed by atoms with Gasteiger partial charge in [-0.15, -0.1) is 10.2 Å². The monoisotopic (exact) mass is 375 g/mol. The molecule has 0 bridgehead atoms. The largest absolute Gasteiger partial charge is 0.308 e. The third-order valence-corrected chi connectivity index (χ3v) is 3.57. The van der Waals surface area contributed by atoms with Crippen LogP contribution in [-0.4, -0.2) is 14.8 Å². The molecule has 0 N–H and O–H groups in total. The Bertz CT molecular complexity index is 566. The zero-order chi connectivity index (χ0) is 13.3. The van der Waals surface area contributed by atoms with Gasteiger partial charge in [-0.25, -0.2) is 4.39 Å². The minimum Gasteiger partial charge on any atom is -0.308 e. The van der Waals surface area contributed by atoms with Crippen LogP contribution in [0.3, 0.4) is 0 Å². The molecule has 2 rings (SSSR count). The number of halogens is 3.